The van der Waals surface area contributed by atoms with E-state index in [4.69, 9.17) is 11.5 Å². The Balaban J connectivity index is 4.38. The van der Waals surface area contributed by atoms with Gasteiger partial charge in [0.1, 0.15) is 0 Å². The molecule has 0 aromatic heterocycles. The fraction of sp³-hybridized carbons (Fsp3) is 0.667. The summed E-state index contributed by atoms with van der Waals surface area (Å²) >= 11 is 0. The molecule has 0 radical (unpaired) electrons. The van der Waals surface area contributed by atoms with Gasteiger partial charge < -0.3 is 10.4 Å². The van der Waals surface area contributed by atoms with E-state index in [0.717, 1.165) is 0 Å². The van der Waals surface area contributed by atoms with Crippen molar-refractivity contribution in [3.8, 4) is 12.3 Å². The number of carbonyl (C=O) groups is 2. The molecule has 0 saturated heterocycles. The predicted molar refractivity (Wildman–Crippen MR) is 61.7 cm³/mol. The molecule has 0 heterocycles. The van der Waals surface area contributed by atoms with Crippen LogP contribution in [0.1, 0.15) is 40.0 Å². The average molecular weight is 225 g/mol. The molecule has 0 aliphatic carbocycles. The van der Waals surface area contributed by atoms with Gasteiger partial charge in [-0.25, -0.2) is 0 Å². The summed E-state index contributed by atoms with van der Waals surface area (Å²) in [5.74, 6) is 1.01. The van der Waals surface area contributed by atoms with Gasteiger partial charge in [0.25, 0.3) is 0 Å². The largest absolute Gasteiger partial charge is 0.481 e. The zero-order valence-electron chi connectivity index (χ0n) is 10.0. The van der Waals surface area contributed by atoms with Gasteiger partial charge in [-0.1, -0.05) is 26.7 Å². The molecule has 16 heavy (non-hydrogen) atoms. The summed E-state index contributed by atoms with van der Waals surface area (Å²) in [7, 11) is 0. The Hall–Kier alpha value is -1.50. The van der Waals surface area contributed by atoms with Crippen molar-refractivity contribution >= 4 is 11.9 Å². The van der Waals surface area contributed by atoms with E-state index in [1.165, 1.54) is 0 Å². The number of nitrogens with one attached hydrogen (secondary N) is 1. The van der Waals surface area contributed by atoms with Crippen molar-refractivity contribution in [3.63, 3.8) is 0 Å². The number of rotatable bonds is 5. The molecular weight excluding hydrogens is 206 g/mol. The fourth-order valence-electron chi connectivity index (χ4n) is 1.50. The third-order valence-electron chi connectivity index (χ3n) is 1.91. The van der Waals surface area contributed by atoms with Crippen LogP contribution < -0.4 is 5.32 Å². The van der Waals surface area contributed by atoms with Crippen molar-refractivity contribution in [1.29, 1.82) is 0 Å². The van der Waals surface area contributed by atoms with Crippen LogP contribution in [0.4, 0.5) is 0 Å². The first-order chi connectivity index (χ1) is 7.24. The van der Waals surface area contributed by atoms with E-state index >= 15 is 0 Å². The molecule has 4 nitrogen and oxygen atoms in total. The Kier molecular flexibility index (Phi) is 5.59. The van der Waals surface area contributed by atoms with Crippen LogP contribution in [0.2, 0.25) is 0 Å². The Morgan fingerprint density at radius 3 is 2.38 bits per heavy atom. The molecule has 0 aliphatic heterocycles. The van der Waals surface area contributed by atoms with Crippen molar-refractivity contribution < 1.29 is 14.7 Å². The predicted octanol–water partition coefficient (Wildman–Crippen LogP) is 1.41. The van der Waals surface area contributed by atoms with Gasteiger partial charge in [-0.05, 0) is 11.8 Å². The maximum atomic E-state index is 11.3. The lowest BCUT2D eigenvalue weighted by molar-refractivity contribution is -0.137. The Bertz CT molecular complexity index is 296. The second kappa shape index (κ2) is 6.16. The number of hydrogen-bond acceptors (Lipinski definition) is 2. The lowest BCUT2D eigenvalue weighted by atomic mass is 9.87. The first-order valence-corrected chi connectivity index (χ1v) is 5.19. The Morgan fingerprint density at radius 1 is 1.44 bits per heavy atom. The lowest BCUT2D eigenvalue weighted by Crippen LogP contribution is -2.38. The Labute approximate surface area is 96.4 Å². The van der Waals surface area contributed by atoms with Crippen LogP contribution in [0.5, 0.6) is 0 Å². The summed E-state index contributed by atoms with van der Waals surface area (Å²) in [5, 5.41) is 11.4. The molecule has 90 valence electrons. The minimum absolute atomic E-state index is 0.0136. The molecule has 1 atom stereocenters. The number of terminal acetylenes is 1. The molecule has 1 unspecified atom stereocenters. The molecule has 0 rings (SSSR count). The van der Waals surface area contributed by atoms with E-state index < -0.39 is 5.97 Å². The summed E-state index contributed by atoms with van der Waals surface area (Å²) in [4.78, 5) is 21.9. The zero-order valence-corrected chi connectivity index (χ0v) is 10.0. The zero-order chi connectivity index (χ0) is 12.8. The maximum absolute atomic E-state index is 11.3. The van der Waals surface area contributed by atoms with Gasteiger partial charge in [0.2, 0.25) is 5.91 Å². The number of carboxylic acids is 1. The molecule has 1 amide bonds. The quantitative estimate of drug-likeness (QED) is 0.695. The smallest absolute Gasteiger partial charge is 0.305 e. The van der Waals surface area contributed by atoms with Gasteiger partial charge in [0.15, 0.2) is 0 Å². The van der Waals surface area contributed by atoms with E-state index in [1.807, 2.05) is 20.8 Å². The van der Waals surface area contributed by atoms with Crippen molar-refractivity contribution in [2.75, 3.05) is 0 Å². The van der Waals surface area contributed by atoms with Crippen LogP contribution in [-0.2, 0) is 9.59 Å². The molecule has 0 aromatic rings. The normalized spacial score (nSPS) is 12.6. The summed E-state index contributed by atoms with van der Waals surface area (Å²) in [6, 6.07) is -0.363. The van der Waals surface area contributed by atoms with Crippen molar-refractivity contribution in [1.82, 2.24) is 5.32 Å². The van der Waals surface area contributed by atoms with Crippen LogP contribution in [0, 0.1) is 17.8 Å². The first kappa shape index (κ1) is 14.5. The molecule has 0 spiro atoms. The topological polar surface area (TPSA) is 66.4 Å². The van der Waals surface area contributed by atoms with Crippen LogP contribution >= 0.6 is 0 Å². The monoisotopic (exact) mass is 225 g/mol. The molecular formula is C12H19NO3. The molecule has 2 N–H and O–H groups in total. The van der Waals surface area contributed by atoms with Crippen LogP contribution in [0.3, 0.4) is 0 Å². The second-order valence-corrected chi connectivity index (χ2v) is 5.01. The van der Waals surface area contributed by atoms with E-state index in [1.54, 1.807) is 0 Å². The first-order valence-electron chi connectivity index (χ1n) is 5.19. The molecule has 0 fully saturated rings. The number of carboxylic acid groups (broad SMARTS) is 1. The molecule has 0 aromatic carbocycles. The minimum Gasteiger partial charge on any atom is -0.481 e. The second-order valence-electron chi connectivity index (χ2n) is 5.01. The minimum atomic E-state index is -0.921. The highest BCUT2D eigenvalue weighted by Gasteiger charge is 2.22. The van der Waals surface area contributed by atoms with E-state index in [0.29, 0.717) is 6.42 Å². The molecule has 0 saturated carbocycles. The SMILES string of the molecule is C#CCC(=O)NC(CC(=O)O)CC(C)(C)C. The van der Waals surface area contributed by atoms with Crippen LogP contribution in [0.25, 0.3) is 0 Å². The number of hydrogen-bond donors (Lipinski definition) is 2. The Morgan fingerprint density at radius 2 is 2.00 bits per heavy atom. The van der Waals surface area contributed by atoms with Gasteiger partial charge in [0.05, 0.1) is 12.8 Å². The van der Waals surface area contributed by atoms with Crippen molar-refractivity contribution in [2.45, 2.75) is 46.1 Å². The number of amides is 1. The van der Waals surface area contributed by atoms with Gasteiger partial charge in [-0.2, -0.15) is 0 Å². The molecule has 4 heteroatoms. The van der Waals surface area contributed by atoms with E-state index in [-0.39, 0.29) is 30.2 Å². The van der Waals surface area contributed by atoms with Gasteiger partial charge in [-0.3, -0.25) is 9.59 Å². The highest BCUT2D eigenvalue weighted by molar-refractivity contribution is 5.79. The summed E-state index contributed by atoms with van der Waals surface area (Å²) < 4.78 is 0. The van der Waals surface area contributed by atoms with Gasteiger partial charge >= 0.3 is 5.97 Å². The third-order valence-corrected chi connectivity index (χ3v) is 1.91. The van der Waals surface area contributed by atoms with E-state index in [2.05, 4.69) is 11.2 Å². The summed E-state index contributed by atoms with van der Waals surface area (Å²) in [6.45, 7) is 5.99. The third kappa shape index (κ3) is 7.86. The van der Waals surface area contributed by atoms with Gasteiger partial charge in [-0.15, -0.1) is 6.42 Å². The molecule has 0 aliphatic rings. The number of aliphatic carboxylic acids is 1. The highest BCUT2D eigenvalue weighted by atomic mass is 16.4. The summed E-state index contributed by atoms with van der Waals surface area (Å²) in [5.41, 5.74) is -0.0382. The average Bonchev–Trinajstić information content (AvgIpc) is 1.98. The lowest BCUT2D eigenvalue weighted by Gasteiger charge is -2.25. The maximum Gasteiger partial charge on any atom is 0.305 e. The fourth-order valence-corrected chi connectivity index (χ4v) is 1.50. The van der Waals surface area contributed by atoms with Crippen molar-refractivity contribution in [2.24, 2.45) is 5.41 Å². The van der Waals surface area contributed by atoms with Crippen LogP contribution in [-0.4, -0.2) is 23.0 Å². The van der Waals surface area contributed by atoms with Crippen LogP contribution in [0.15, 0.2) is 0 Å². The van der Waals surface area contributed by atoms with Gasteiger partial charge in [0, 0.05) is 6.04 Å². The number of carbonyl (C=O) groups excluding carboxylic acids is 1. The summed E-state index contributed by atoms with van der Waals surface area (Å²) in [6.07, 6.45) is 5.52. The standard InChI is InChI=1S/C12H19NO3/c1-5-6-10(14)13-9(7-11(15)16)8-12(2,3)4/h1,9H,6-8H2,2-4H3,(H,13,14)(H,15,16). The molecule has 0 bridgehead atoms. The highest BCUT2D eigenvalue weighted by Crippen LogP contribution is 2.22. The van der Waals surface area contributed by atoms with E-state index in [9.17, 15) is 9.59 Å². The van der Waals surface area contributed by atoms with Crippen molar-refractivity contribution in [3.05, 3.63) is 0 Å².